The van der Waals surface area contributed by atoms with Crippen molar-refractivity contribution in [3.8, 4) is 0 Å². The van der Waals surface area contributed by atoms with Gasteiger partial charge in [-0.2, -0.15) is 0 Å². The molecular formula is C14H19ClN4S. The van der Waals surface area contributed by atoms with Crippen LogP contribution in [0.5, 0.6) is 0 Å². The molecule has 0 aromatic heterocycles. The molecular weight excluding hydrogens is 292 g/mol. The SMILES string of the molecule is NC(=S)NNCC1=CCCCN1Cc1cccc(Cl)c1. The van der Waals surface area contributed by atoms with Crippen LogP contribution in [0.3, 0.4) is 0 Å². The molecule has 0 aliphatic carbocycles. The fourth-order valence-electron chi connectivity index (χ4n) is 2.27. The molecule has 108 valence electrons. The van der Waals surface area contributed by atoms with E-state index in [1.807, 2.05) is 18.2 Å². The van der Waals surface area contributed by atoms with E-state index in [4.69, 9.17) is 29.6 Å². The predicted molar refractivity (Wildman–Crippen MR) is 87.1 cm³/mol. The van der Waals surface area contributed by atoms with Crippen LogP contribution in [-0.4, -0.2) is 23.1 Å². The Morgan fingerprint density at radius 3 is 3.05 bits per heavy atom. The van der Waals surface area contributed by atoms with Gasteiger partial charge in [-0.15, -0.1) is 0 Å². The second kappa shape index (κ2) is 7.47. The summed E-state index contributed by atoms with van der Waals surface area (Å²) in [4.78, 5) is 2.35. The number of hydrazine groups is 1. The second-order valence-electron chi connectivity index (χ2n) is 4.73. The number of hydrogen-bond acceptors (Lipinski definition) is 3. The van der Waals surface area contributed by atoms with Crippen molar-refractivity contribution in [1.29, 1.82) is 0 Å². The fourth-order valence-corrected chi connectivity index (χ4v) is 2.55. The molecule has 0 amide bonds. The van der Waals surface area contributed by atoms with Crippen molar-refractivity contribution in [2.45, 2.75) is 19.4 Å². The molecule has 1 aromatic carbocycles. The van der Waals surface area contributed by atoms with E-state index in [1.165, 1.54) is 17.7 Å². The third-order valence-corrected chi connectivity index (χ3v) is 3.50. The first-order valence-corrected chi connectivity index (χ1v) is 7.40. The molecule has 1 aromatic rings. The van der Waals surface area contributed by atoms with Gasteiger partial charge in [-0.05, 0) is 42.8 Å². The normalized spacial score (nSPS) is 14.8. The molecule has 4 nitrogen and oxygen atoms in total. The number of allylic oxidation sites excluding steroid dienone is 1. The summed E-state index contributed by atoms with van der Waals surface area (Å²) in [7, 11) is 0. The van der Waals surface area contributed by atoms with Crippen LogP contribution in [0.2, 0.25) is 5.02 Å². The van der Waals surface area contributed by atoms with Crippen molar-refractivity contribution in [1.82, 2.24) is 15.8 Å². The van der Waals surface area contributed by atoms with Crippen molar-refractivity contribution < 1.29 is 0 Å². The number of hydrogen-bond donors (Lipinski definition) is 3. The molecule has 0 fully saturated rings. The molecule has 1 aliphatic heterocycles. The van der Waals surface area contributed by atoms with Crippen molar-refractivity contribution >= 4 is 28.9 Å². The Bertz CT molecular complexity index is 504. The van der Waals surface area contributed by atoms with Crippen LogP contribution in [-0.2, 0) is 6.54 Å². The average Bonchev–Trinajstić information content (AvgIpc) is 2.40. The van der Waals surface area contributed by atoms with Gasteiger partial charge in [0.2, 0.25) is 0 Å². The number of benzene rings is 1. The average molecular weight is 311 g/mol. The maximum atomic E-state index is 6.03. The molecule has 20 heavy (non-hydrogen) atoms. The van der Waals surface area contributed by atoms with E-state index in [2.05, 4.69) is 27.9 Å². The number of nitrogens with one attached hydrogen (secondary N) is 2. The lowest BCUT2D eigenvalue weighted by molar-refractivity contribution is 0.304. The topological polar surface area (TPSA) is 53.3 Å². The van der Waals surface area contributed by atoms with Crippen molar-refractivity contribution in [2.24, 2.45) is 5.73 Å². The number of nitrogens with two attached hydrogens (primary N) is 1. The number of rotatable bonds is 5. The molecule has 4 N–H and O–H groups in total. The predicted octanol–water partition coefficient (Wildman–Crippen LogP) is 2.16. The number of halogens is 1. The first kappa shape index (κ1) is 15.1. The van der Waals surface area contributed by atoms with Gasteiger partial charge in [0.05, 0.1) is 6.54 Å². The lowest BCUT2D eigenvalue weighted by Crippen LogP contribution is -2.44. The molecule has 0 saturated heterocycles. The quantitative estimate of drug-likeness (QED) is 0.575. The zero-order valence-electron chi connectivity index (χ0n) is 11.2. The van der Waals surface area contributed by atoms with Crippen LogP contribution >= 0.6 is 23.8 Å². The summed E-state index contributed by atoms with van der Waals surface area (Å²) < 4.78 is 0. The van der Waals surface area contributed by atoms with Crippen LogP contribution in [0, 0.1) is 0 Å². The van der Waals surface area contributed by atoms with E-state index in [-0.39, 0.29) is 5.11 Å². The highest BCUT2D eigenvalue weighted by atomic mass is 35.5. The van der Waals surface area contributed by atoms with Gasteiger partial charge in [-0.3, -0.25) is 5.43 Å². The Balaban J connectivity index is 1.96. The zero-order valence-corrected chi connectivity index (χ0v) is 12.8. The minimum Gasteiger partial charge on any atom is -0.375 e. The van der Waals surface area contributed by atoms with E-state index in [0.717, 1.165) is 24.5 Å². The van der Waals surface area contributed by atoms with Gasteiger partial charge in [-0.1, -0.05) is 29.8 Å². The van der Waals surface area contributed by atoms with Gasteiger partial charge >= 0.3 is 0 Å². The lowest BCUT2D eigenvalue weighted by Gasteiger charge is -2.31. The van der Waals surface area contributed by atoms with Gasteiger partial charge in [0.25, 0.3) is 0 Å². The minimum atomic E-state index is 0.253. The molecule has 1 heterocycles. The van der Waals surface area contributed by atoms with Gasteiger partial charge in [0.1, 0.15) is 0 Å². The van der Waals surface area contributed by atoms with E-state index in [1.54, 1.807) is 0 Å². The van der Waals surface area contributed by atoms with Gasteiger partial charge < -0.3 is 10.6 Å². The van der Waals surface area contributed by atoms with Crippen LogP contribution in [0.4, 0.5) is 0 Å². The Kier molecular flexibility index (Phi) is 5.64. The Morgan fingerprint density at radius 1 is 1.45 bits per heavy atom. The third kappa shape index (κ3) is 4.67. The highest BCUT2D eigenvalue weighted by molar-refractivity contribution is 7.80. The maximum absolute atomic E-state index is 6.03. The molecule has 0 spiro atoms. The van der Waals surface area contributed by atoms with E-state index < -0.39 is 0 Å². The summed E-state index contributed by atoms with van der Waals surface area (Å²) in [6.45, 7) is 2.60. The number of nitrogens with zero attached hydrogens (tertiary/aromatic N) is 1. The molecule has 0 radical (unpaired) electrons. The minimum absolute atomic E-state index is 0.253. The van der Waals surface area contributed by atoms with Crippen LogP contribution < -0.4 is 16.6 Å². The van der Waals surface area contributed by atoms with Gasteiger partial charge in [-0.25, -0.2) is 5.43 Å². The van der Waals surface area contributed by atoms with Gasteiger partial charge in [0, 0.05) is 23.8 Å². The van der Waals surface area contributed by atoms with E-state index in [0.29, 0.717) is 6.54 Å². The van der Waals surface area contributed by atoms with Crippen molar-refractivity contribution in [3.63, 3.8) is 0 Å². The fraction of sp³-hybridized carbons (Fsp3) is 0.357. The third-order valence-electron chi connectivity index (χ3n) is 3.16. The van der Waals surface area contributed by atoms with E-state index in [9.17, 15) is 0 Å². The summed E-state index contributed by atoms with van der Waals surface area (Å²) in [6, 6.07) is 7.98. The van der Waals surface area contributed by atoms with Gasteiger partial charge in [0.15, 0.2) is 5.11 Å². The summed E-state index contributed by atoms with van der Waals surface area (Å²) >= 11 is 10.8. The summed E-state index contributed by atoms with van der Waals surface area (Å²) in [5, 5.41) is 1.03. The Labute approximate surface area is 129 Å². The maximum Gasteiger partial charge on any atom is 0.178 e. The molecule has 6 heteroatoms. The van der Waals surface area contributed by atoms with Crippen LogP contribution in [0.1, 0.15) is 18.4 Å². The van der Waals surface area contributed by atoms with Crippen molar-refractivity contribution in [2.75, 3.05) is 13.1 Å². The Morgan fingerprint density at radius 2 is 2.30 bits per heavy atom. The first-order chi connectivity index (χ1) is 9.65. The summed E-state index contributed by atoms with van der Waals surface area (Å²) in [5.41, 5.74) is 13.6. The highest BCUT2D eigenvalue weighted by Crippen LogP contribution is 2.19. The monoisotopic (exact) mass is 310 g/mol. The largest absolute Gasteiger partial charge is 0.375 e. The molecule has 2 rings (SSSR count). The zero-order chi connectivity index (χ0) is 14.4. The highest BCUT2D eigenvalue weighted by Gasteiger charge is 2.13. The molecule has 0 bridgehead atoms. The van der Waals surface area contributed by atoms with Crippen LogP contribution in [0.15, 0.2) is 36.0 Å². The van der Waals surface area contributed by atoms with Crippen molar-refractivity contribution in [3.05, 3.63) is 46.6 Å². The lowest BCUT2D eigenvalue weighted by atomic mass is 10.1. The first-order valence-electron chi connectivity index (χ1n) is 6.62. The van der Waals surface area contributed by atoms with E-state index >= 15 is 0 Å². The molecule has 1 aliphatic rings. The summed E-state index contributed by atoms with van der Waals surface area (Å²) in [6.07, 6.45) is 4.53. The second-order valence-corrected chi connectivity index (χ2v) is 5.61. The number of thiocarbonyl (C=S) groups is 1. The summed E-state index contributed by atoms with van der Waals surface area (Å²) in [5.74, 6) is 0. The smallest absolute Gasteiger partial charge is 0.178 e. The molecule has 0 saturated carbocycles. The molecule has 0 atom stereocenters. The van der Waals surface area contributed by atoms with Crippen LogP contribution in [0.25, 0.3) is 0 Å². The molecule has 0 unspecified atom stereocenters. The standard InChI is InChI=1S/C14H19ClN4S/c15-12-5-3-4-11(8-12)10-19-7-2-1-6-13(19)9-17-18-14(16)20/h3-6,8,17H,1-2,7,9-10H2,(H3,16,18,20). The Hall–Kier alpha value is -1.30.